The summed E-state index contributed by atoms with van der Waals surface area (Å²) in [5.41, 5.74) is 0. The van der Waals surface area contributed by atoms with Crippen molar-refractivity contribution in [1.29, 1.82) is 0 Å². The van der Waals surface area contributed by atoms with Crippen LogP contribution in [0.3, 0.4) is 0 Å². The monoisotopic (exact) mass is 352 g/mol. The molecule has 12 heteroatoms. The first-order valence-electron chi connectivity index (χ1n) is 6.63. The number of nitrogens with two attached hydrogens (primary N) is 1. The fraction of sp³-hybridized carbons (Fsp3) is 0.500. The lowest BCUT2D eigenvalue weighted by atomic mass is 10.3. The maximum Gasteiger partial charge on any atom is 0.490 e. The summed E-state index contributed by atoms with van der Waals surface area (Å²) in [5, 5.41) is 8.76. The predicted octanol–water partition coefficient (Wildman–Crippen LogP) is -1.44. The summed E-state index contributed by atoms with van der Waals surface area (Å²) < 4.78 is 31.7. The molecule has 0 aliphatic carbocycles. The Balaban J connectivity index is 0.000000351. The quantitative estimate of drug-likeness (QED) is 0.461. The minimum Gasteiger partial charge on any atom is -0.475 e. The van der Waals surface area contributed by atoms with E-state index in [0.29, 0.717) is 26.2 Å². The number of carboxylic acids is 1. The maximum atomic E-state index is 11.8. The van der Waals surface area contributed by atoms with Gasteiger partial charge in [-0.15, -0.1) is 0 Å². The second kappa shape index (κ2) is 7.88. The SMILES string of the molecule is NN1CCN(C(=O)CN2C(=O)C=CC2=O)CC1.O=C(O)C(F)(F)F. The molecule has 0 aromatic rings. The second-order valence-corrected chi connectivity index (χ2v) is 4.82. The molecule has 0 saturated carbocycles. The summed E-state index contributed by atoms with van der Waals surface area (Å²) in [7, 11) is 0. The molecule has 3 N–H and O–H groups in total. The zero-order chi connectivity index (χ0) is 18.5. The van der Waals surface area contributed by atoms with Crippen molar-refractivity contribution in [2.24, 2.45) is 5.84 Å². The van der Waals surface area contributed by atoms with Gasteiger partial charge in [-0.3, -0.25) is 25.1 Å². The van der Waals surface area contributed by atoms with Gasteiger partial charge in [0.15, 0.2) is 0 Å². The lowest BCUT2D eigenvalue weighted by Gasteiger charge is -2.32. The molecular weight excluding hydrogens is 337 g/mol. The van der Waals surface area contributed by atoms with Gasteiger partial charge in [-0.25, -0.2) is 9.80 Å². The van der Waals surface area contributed by atoms with Gasteiger partial charge in [-0.1, -0.05) is 0 Å². The molecule has 1 saturated heterocycles. The average molecular weight is 352 g/mol. The zero-order valence-electron chi connectivity index (χ0n) is 12.3. The number of piperazine rings is 1. The molecule has 0 bridgehead atoms. The lowest BCUT2D eigenvalue weighted by molar-refractivity contribution is -0.192. The van der Waals surface area contributed by atoms with E-state index in [1.165, 1.54) is 12.2 Å². The fourth-order valence-electron chi connectivity index (χ4n) is 1.79. The molecule has 2 aliphatic heterocycles. The first kappa shape index (κ1) is 19.6. The van der Waals surface area contributed by atoms with Crippen LogP contribution in [0.5, 0.6) is 0 Å². The molecule has 2 rings (SSSR count). The Kier molecular flexibility index (Phi) is 6.42. The van der Waals surface area contributed by atoms with Crippen LogP contribution in [0.25, 0.3) is 0 Å². The molecule has 2 aliphatic rings. The van der Waals surface area contributed by atoms with Gasteiger partial charge < -0.3 is 10.0 Å². The van der Waals surface area contributed by atoms with E-state index in [-0.39, 0.29) is 12.5 Å². The number of imide groups is 1. The van der Waals surface area contributed by atoms with E-state index in [4.69, 9.17) is 15.7 Å². The Morgan fingerprint density at radius 1 is 1.08 bits per heavy atom. The molecule has 0 atom stereocenters. The number of hydrogen-bond acceptors (Lipinski definition) is 6. The largest absolute Gasteiger partial charge is 0.490 e. The third-order valence-electron chi connectivity index (χ3n) is 3.10. The number of carbonyl (C=O) groups excluding carboxylic acids is 3. The van der Waals surface area contributed by atoms with Crippen LogP contribution in [0, 0.1) is 0 Å². The third kappa shape index (κ3) is 5.62. The molecule has 0 unspecified atom stereocenters. The van der Waals surface area contributed by atoms with Crippen molar-refractivity contribution < 1.29 is 37.5 Å². The lowest BCUT2D eigenvalue weighted by Crippen LogP contribution is -2.53. The van der Waals surface area contributed by atoms with Crippen LogP contribution in [-0.4, -0.2) is 82.5 Å². The van der Waals surface area contributed by atoms with Crippen molar-refractivity contribution in [2.75, 3.05) is 32.7 Å². The predicted molar refractivity (Wildman–Crippen MR) is 71.9 cm³/mol. The van der Waals surface area contributed by atoms with E-state index in [2.05, 4.69) is 0 Å². The van der Waals surface area contributed by atoms with E-state index in [1.807, 2.05) is 0 Å². The van der Waals surface area contributed by atoms with Crippen molar-refractivity contribution >= 4 is 23.7 Å². The van der Waals surface area contributed by atoms with E-state index in [1.54, 1.807) is 9.91 Å². The second-order valence-electron chi connectivity index (χ2n) is 4.82. The smallest absolute Gasteiger partial charge is 0.475 e. The molecule has 9 nitrogen and oxygen atoms in total. The van der Waals surface area contributed by atoms with Gasteiger partial charge in [0.05, 0.1) is 0 Å². The first-order valence-corrected chi connectivity index (χ1v) is 6.63. The molecule has 1 fully saturated rings. The number of aliphatic carboxylic acids is 1. The third-order valence-corrected chi connectivity index (χ3v) is 3.10. The number of hydrazine groups is 1. The van der Waals surface area contributed by atoms with Crippen LogP contribution in [0.15, 0.2) is 12.2 Å². The topological polar surface area (TPSA) is 124 Å². The van der Waals surface area contributed by atoms with E-state index >= 15 is 0 Å². The van der Waals surface area contributed by atoms with Gasteiger partial charge in [-0.2, -0.15) is 13.2 Å². The highest BCUT2D eigenvalue weighted by Crippen LogP contribution is 2.13. The Hall–Kier alpha value is -2.47. The normalized spacial score (nSPS) is 18.5. The van der Waals surface area contributed by atoms with Gasteiger partial charge in [-0.05, 0) is 0 Å². The minimum absolute atomic E-state index is 0.185. The highest BCUT2D eigenvalue weighted by Gasteiger charge is 2.38. The molecule has 2 heterocycles. The molecule has 0 aromatic heterocycles. The van der Waals surface area contributed by atoms with Gasteiger partial charge in [0.2, 0.25) is 5.91 Å². The molecule has 0 spiro atoms. The Morgan fingerprint density at radius 2 is 1.50 bits per heavy atom. The molecule has 24 heavy (non-hydrogen) atoms. The molecule has 134 valence electrons. The summed E-state index contributed by atoms with van der Waals surface area (Å²) in [6.07, 6.45) is -2.74. The van der Waals surface area contributed by atoms with Crippen LogP contribution in [0.2, 0.25) is 0 Å². The summed E-state index contributed by atoms with van der Waals surface area (Å²) in [4.78, 5) is 45.8. The summed E-state index contributed by atoms with van der Waals surface area (Å²) >= 11 is 0. The fourth-order valence-corrected chi connectivity index (χ4v) is 1.79. The zero-order valence-corrected chi connectivity index (χ0v) is 12.3. The number of rotatable bonds is 2. The summed E-state index contributed by atoms with van der Waals surface area (Å²) in [6, 6.07) is 0. The number of carboxylic acid groups (broad SMARTS) is 1. The Labute approximate surface area is 134 Å². The van der Waals surface area contributed by atoms with Crippen LogP contribution in [0.1, 0.15) is 0 Å². The number of hydrogen-bond donors (Lipinski definition) is 2. The highest BCUT2D eigenvalue weighted by molar-refractivity contribution is 6.14. The highest BCUT2D eigenvalue weighted by atomic mass is 19.4. The van der Waals surface area contributed by atoms with Crippen LogP contribution in [-0.2, 0) is 19.2 Å². The van der Waals surface area contributed by atoms with E-state index in [0.717, 1.165) is 4.90 Å². The summed E-state index contributed by atoms with van der Waals surface area (Å²) in [5.74, 6) is 1.74. The number of carbonyl (C=O) groups is 4. The van der Waals surface area contributed by atoms with Crippen molar-refractivity contribution in [3.05, 3.63) is 12.2 Å². The number of amides is 3. The number of nitrogens with zero attached hydrogens (tertiary/aromatic N) is 3. The van der Waals surface area contributed by atoms with Crippen LogP contribution >= 0.6 is 0 Å². The van der Waals surface area contributed by atoms with Gasteiger partial charge in [0.1, 0.15) is 6.54 Å². The van der Waals surface area contributed by atoms with Crippen molar-refractivity contribution in [3.8, 4) is 0 Å². The average Bonchev–Trinajstić information content (AvgIpc) is 2.79. The summed E-state index contributed by atoms with van der Waals surface area (Å²) in [6.45, 7) is 2.07. The van der Waals surface area contributed by atoms with Gasteiger partial charge in [0.25, 0.3) is 11.8 Å². The van der Waals surface area contributed by atoms with Crippen LogP contribution < -0.4 is 5.84 Å². The van der Waals surface area contributed by atoms with Crippen molar-refractivity contribution in [1.82, 2.24) is 14.8 Å². The Bertz CT molecular complexity index is 537. The molecule has 0 radical (unpaired) electrons. The van der Waals surface area contributed by atoms with E-state index < -0.39 is 24.0 Å². The van der Waals surface area contributed by atoms with Gasteiger partial charge in [0, 0.05) is 38.3 Å². The standard InChI is InChI=1S/C10H14N4O3.C2HF3O2/c11-13-5-3-12(4-6-13)10(17)7-14-8(15)1-2-9(14)16;3-2(4,5)1(6)7/h1-2H,3-7,11H2;(H,6,7). The molecule has 0 aromatic carbocycles. The molecule has 3 amide bonds. The van der Waals surface area contributed by atoms with Gasteiger partial charge >= 0.3 is 12.1 Å². The van der Waals surface area contributed by atoms with Crippen LogP contribution in [0.4, 0.5) is 13.2 Å². The maximum absolute atomic E-state index is 11.8. The van der Waals surface area contributed by atoms with Crippen molar-refractivity contribution in [3.63, 3.8) is 0 Å². The Morgan fingerprint density at radius 3 is 1.88 bits per heavy atom. The first-order chi connectivity index (χ1) is 11.0. The van der Waals surface area contributed by atoms with Crippen molar-refractivity contribution in [2.45, 2.75) is 6.18 Å². The molecular formula is C12H15F3N4O5. The number of halogens is 3. The number of alkyl halides is 3. The minimum atomic E-state index is -5.08. The van der Waals surface area contributed by atoms with E-state index in [9.17, 15) is 27.6 Å².